The Kier molecular flexibility index (Phi) is 16.0. The summed E-state index contributed by atoms with van der Waals surface area (Å²) >= 11 is 1.29. The number of halogens is 3. The van der Waals surface area contributed by atoms with E-state index in [1.807, 2.05) is 24.8 Å². The largest absolute Gasteiger partial charge is 0.469 e. The zero-order valence-corrected chi connectivity index (χ0v) is 31.7. The van der Waals surface area contributed by atoms with Gasteiger partial charge in [0.2, 0.25) is 0 Å². The second-order valence-electron chi connectivity index (χ2n) is 12.4. The zero-order valence-electron chi connectivity index (χ0n) is 30.0. The number of thioether (sulfide) groups is 1. The van der Waals surface area contributed by atoms with Crippen molar-refractivity contribution in [1.29, 1.82) is 5.26 Å². The summed E-state index contributed by atoms with van der Waals surface area (Å²) in [6, 6.07) is 9.00. The molecule has 54 heavy (non-hydrogen) atoms. The van der Waals surface area contributed by atoms with Gasteiger partial charge in [-0.2, -0.15) is 10.4 Å². The molecule has 1 aromatic heterocycles. The van der Waals surface area contributed by atoms with Gasteiger partial charge in [0.1, 0.15) is 30.1 Å². The van der Waals surface area contributed by atoms with E-state index in [9.17, 15) is 27.9 Å². The van der Waals surface area contributed by atoms with Gasteiger partial charge in [-0.1, -0.05) is 38.1 Å². The molecule has 3 atom stereocenters. The third kappa shape index (κ3) is 12.6. The molecule has 1 aliphatic rings. The van der Waals surface area contributed by atoms with Crippen LogP contribution in [0, 0.1) is 28.8 Å². The quantitative estimate of drug-likeness (QED) is 0.0858. The van der Waals surface area contributed by atoms with Gasteiger partial charge in [0.15, 0.2) is 11.9 Å². The molecule has 1 saturated heterocycles. The van der Waals surface area contributed by atoms with Crippen molar-refractivity contribution in [1.82, 2.24) is 19.7 Å². The highest BCUT2D eigenvalue weighted by Gasteiger charge is 2.46. The molecular formula is C36H43F3N5O8PS. The van der Waals surface area contributed by atoms with Gasteiger partial charge in [-0.05, 0) is 56.8 Å². The van der Waals surface area contributed by atoms with Crippen LogP contribution in [-0.2, 0) is 40.2 Å². The lowest BCUT2D eigenvalue weighted by molar-refractivity contribution is -0.164. The number of nitriles is 1. The maximum Gasteiger partial charge on any atom is 0.469 e. The monoisotopic (exact) mass is 793 g/mol. The molecular weight excluding hydrogens is 750 g/mol. The Labute approximate surface area is 316 Å². The van der Waals surface area contributed by atoms with E-state index in [0.29, 0.717) is 24.7 Å². The van der Waals surface area contributed by atoms with Gasteiger partial charge in [0.25, 0.3) is 0 Å². The number of phosphoric acid groups is 1. The maximum absolute atomic E-state index is 15.8. The van der Waals surface area contributed by atoms with Gasteiger partial charge in [-0.3, -0.25) is 9.32 Å². The van der Waals surface area contributed by atoms with Crippen molar-refractivity contribution in [2.24, 2.45) is 0 Å². The highest BCUT2D eigenvalue weighted by molar-refractivity contribution is 8.00. The molecule has 1 fully saturated rings. The summed E-state index contributed by atoms with van der Waals surface area (Å²) < 4.78 is 80.2. The Balaban J connectivity index is 1.52. The van der Waals surface area contributed by atoms with Crippen LogP contribution < -0.4 is 0 Å². The molecule has 2 aromatic carbocycles. The average Bonchev–Trinajstić information content (AvgIpc) is 3.64. The standard InChI is InChI=1S/C36H43F3N5O8PS/c1-4-43(5-2)19-29(52-53(46,47)48)13-15-34(45)51-36(22-44-24-41-23-42-44,31-14-12-28(37)17-33(31)39)25(3)54-30-20-49-35(50-21-30)9-7-6-8-27-11-10-26(18-40)16-32(27)38/h6-12,14,16-17,23-25,29-30,35H,4-5,13,15,19-22H2,1-3H3,(H2,46,47,48)/t25-,29?,30?,35?,36-/m1/s1. The van der Waals surface area contributed by atoms with Gasteiger partial charge < -0.3 is 28.9 Å². The van der Waals surface area contributed by atoms with Crippen molar-refractivity contribution in [2.45, 2.75) is 68.7 Å². The number of nitrogens with zero attached hydrogens (tertiary/aromatic N) is 5. The maximum atomic E-state index is 15.8. The van der Waals surface area contributed by atoms with E-state index >= 15 is 4.39 Å². The summed E-state index contributed by atoms with van der Waals surface area (Å²) in [5.41, 5.74) is -1.40. The molecule has 1 aliphatic heterocycles. The van der Waals surface area contributed by atoms with E-state index in [1.54, 1.807) is 25.2 Å². The van der Waals surface area contributed by atoms with Crippen molar-refractivity contribution >= 4 is 31.6 Å². The molecule has 0 aliphatic carbocycles. The van der Waals surface area contributed by atoms with Crippen molar-refractivity contribution in [3.05, 3.63) is 101 Å². The first-order chi connectivity index (χ1) is 25.7. The number of carbonyl (C=O) groups excluding carboxylic acids is 1. The Morgan fingerprint density at radius 2 is 1.91 bits per heavy atom. The summed E-state index contributed by atoms with van der Waals surface area (Å²) in [7, 11) is -4.90. The number of ether oxygens (including phenoxy) is 3. The average molecular weight is 794 g/mol. The number of allylic oxidation sites excluding steroid dienone is 2. The van der Waals surface area contributed by atoms with Crippen LogP contribution in [0.3, 0.4) is 0 Å². The smallest absolute Gasteiger partial charge is 0.451 e. The molecule has 1 unspecified atom stereocenters. The summed E-state index contributed by atoms with van der Waals surface area (Å²) in [5, 5.41) is 12.0. The molecule has 0 bridgehead atoms. The summed E-state index contributed by atoms with van der Waals surface area (Å²) in [4.78, 5) is 38.6. The topological polar surface area (TPSA) is 169 Å². The SMILES string of the molecule is CCN(CC)CC(CCC(=O)O[C@@](Cn1cncn1)(c1ccc(F)cc1F)[C@@H](C)SC1COC(C=CC=Cc2ccc(C#N)cc2F)OC1)OP(=O)(O)O. The lowest BCUT2D eigenvalue weighted by Gasteiger charge is -2.40. The van der Waals surface area contributed by atoms with Crippen molar-refractivity contribution in [3.63, 3.8) is 0 Å². The molecule has 0 amide bonds. The van der Waals surface area contributed by atoms with Crippen LogP contribution in [0.4, 0.5) is 13.2 Å². The lowest BCUT2D eigenvalue weighted by Crippen LogP contribution is -2.47. The molecule has 2 N–H and O–H groups in total. The van der Waals surface area contributed by atoms with E-state index in [0.717, 1.165) is 12.1 Å². The number of aromatic nitrogens is 3. The first-order valence-electron chi connectivity index (χ1n) is 17.1. The Morgan fingerprint density at radius 1 is 1.17 bits per heavy atom. The number of benzene rings is 2. The predicted molar refractivity (Wildman–Crippen MR) is 194 cm³/mol. The van der Waals surface area contributed by atoms with Gasteiger partial charge in [0, 0.05) is 35.4 Å². The fourth-order valence-corrected chi connectivity index (χ4v) is 7.72. The van der Waals surface area contributed by atoms with E-state index in [-0.39, 0.29) is 55.5 Å². The lowest BCUT2D eigenvalue weighted by atomic mass is 9.89. The first kappa shape index (κ1) is 42.9. The van der Waals surface area contributed by atoms with E-state index in [4.69, 9.17) is 24.0 Å². The van der Waals surface area contributed by atoms with Gasteiger partial charge in [-0.25, -0.2) is 27.4 Å². The molecule has 13 nitrogen and oxygen atoms in total. The Bertz CT molecular complexity index is 1830. The molecule has 18 heteroatoms. The van der Waals surface area contributed by atoms with Crippen LogP contribution in [0.5, 0.6) is 0 Å². The third-order valence-corrected chi connectivity index (χ3v) is 10.6. The van der Waals surface area contributed by atoms with E-state index in [1.165, 1.54) is 53.4 Å². The van der Waals surface area contributed by atoms with E-state index < -0.39 is 54.5 Å². The number of hydrogen-bond donors (Lipinski definition) is 2. The van der Waals surface area contributed by atoms with Crippen molar-refractivity contribution in [3.8, 4) is 6.07 Å². The number of phosphoric ester groups is 1. The predicted octanol–water partition coefficient (Wildman–Crippen LogP) is 5.74. The molecule has 4 rings (SSSR count). The molecule has 2 heterocycles. The van der Waals surface area contributed by atoms with Crippen LogP contribution in [-0.4, -0.2) is 91.2 Å². The normalized spacial score (nSPS) is 18.8. The van der Waals surface area contributed by atoms with Crippen LogP contribution >= 0.6 is 19.6 Å². The van der Waals surface area contributed by atoms with Crippen LogP contribution in [0.2, 0.25) is 0 Å². The van der Waals surface area contributed by atoms with Crippen molar-refractivity contribution in [2.75, 3.05) is 32.8 Å². The van der Waals surface area contributed by atoms with Crippen molar-refractivity contribution < 1.29 is 51.1 Å². The van der Waals surface area contributed by atoms with Crippen LogP contribution in [0.25, 0.3) is 6.08 Å². The fraction of sp³-hybridized carbons (Fsp3) is 0.444. The minimum atomic E-state index is -4.90. The Hall–Kier alpha value is -3.85. The highest BCUT2D eigenvalue weighted by atomic mass is 32.2. The third-order valence-electron chi connectivity index (χ3n) is 8.59. The minimum absolute atomic E-state index is 0.121. The summed E-state index contributed by atoms with van der Waals surface area (Å²) in [6.45, 7) is 6.91. The second kappa shape index (κ2) is 20.2. The number of hydrogen-bond acceptors (Lipinski definition) is 11. The highest BCUT2D eigenvalue weighted by Crippen LogP contribution is 2.43. The van der Waals surface area contributed by atoms with Crippen LogP contribution in [0.1, 0.15) is 50.3 Å². The van der Waals surface area contributed by atoms with Gasteiger partial charge in [-0.15, -0.1) is 11.8 Å². The van der Waals surface area contributed by atoms with Crippen LogP contribution in [0.15, 0.2) is 67.3 Å². The molecule has 0 radical (unpaired) electrons. The minimum Gasteiger partial charge on any atom is -0.451 e. The number of rotatable bonds is 19. The summed E-state index contributed by atoms with van der Waals surface area (Å²) in [6.07, 6.45) is 6.82. The second-order valence-corrected chi connectivity index (χ2v) is 15.2. The molecule has 0 saturated carbocycles. The van der Waals surface area contributed by atoms with E-state index in [2.05, 4.69) is 10.1 Å². The van der Waals surface area contributed by atoms with Gasteiger partial charge >= 0.3 is 13.8 Å². The zero-order chi connectivity index (χ0) is 39.3. The number of carbonyl (C=O) groups is 1. The molecule has 292 valence electrons. The number of likely N-dealkylation sites (N-methyl/N-ethyl adjacent to an activating group) is 1. The number of esters is 1. The molecule has 3 aromatic rings. The summed E-state index contributed by atoms with van der Waals surface area (Å²) in [5.74, 6) is -3.15. The Morgan fingerprint density at radius 3 is 2.52 bits per heavy atom. The van der Waals surface area contributed by atoms with Gasteiger partial charge in [0.05, 0.1) is 42.7 Å². The molecule has 0 spiro atoms. The fourth-order valence-electron chi connectivity index (χ4n) is 5.80. The first-order valence-corrected chi connectivity index (χ1v) is 19.6.